The van der Waals surface area contributed by atoms with Crippen LogP contribution in [0.1, 0.15) is 13.8 Å². The minimum atomic E-state index is -3.77. The van der Waals surface area contributed by atoms with Crippen LogP contribution in [0.4, 0.5) is 11.4 Å². The van der Waals surface area contributed by atoms with Crippen molar-refractivity contribution in [3.05, 3.63) is 42.5 Å². The van der Waals surface area contributed by atoms with E-state index in [-0.39, 0.29) is 16.1 Å². The Balaban J connectivity index is 1.93. The van der Waals surface area contributed by atoms with Crippen molar-refractivity contribution in [2.24, 2.45) is 0 Å². The van der Waals surface area contributed by atoms with E-state index in [1.807, 2.05) is 6.92 Å². The van der Waals surface area contributed by atoms with Crippen LogP contribution in [0.3, 0.4) is 0 Å². The fraction of sp³-hybridized carbons (Fsp3) is 0.278. The van der Waals surface area contributed by atoms with Crippen LogP contribution in [-0.2, 0) is 14.8 Å². The van der Waals surface area contributed by atoms with E-state index in [4.69, 9.17) is 4.74 Å². The van der Waals surface area contributed by atoms with Crippen LogP contribution in [-0.4, -0.2) is 33.2 Å². The van der Waals surface area contributed by atoms with E-state index in [2.05, 4.69) is 4.72 Å². The first kappa shape index (κ1) is 18.6. The van der Waals surface area contributed by atoms with Gasteiger partial charge in [0.1, 0.15) is 5.75 Å². The van der Waals surface area contributed by atoms with Crippen molar-refractivity contribution >= 4 is 39.1 Å². The summed E-state index contributed by atoms with van der Waals surface area (Å²) in [4.78, 5) is 14.6. The van der Waals surface area contributed by atoms with E-state index in [0.29, 0.717) is 23.7 Å². The fourth-order valence-electron chi connectivity index (χ4n) is 2.76. The van der Waals surface area contributed by atoms with E-state index in [1.54, 1.807) is 66.2 Å². The van der Waals surface area contributed by atoms with Gasteiger partial charge < -0.3 is 9.64 Å². The molecule has 26 heavy (non-hydrogen) atoms. The minimum Gasteiger partial charge on any atom is -0.497 e. The van der Waals surface area contributed by atoms with Gasteiger partial charge >= 0.3 is 0 Å². The molecule has 1 aliphatic heterocycles. The Hall–Kier alpha value is -2.19. The number of thioether (sulfide) groups is 1. The SMILES string of the molecule is COc1ccc(NS(=O)(=O)c2ccc3c(c2)N(C(C)=O)C[C@@H](C)S3)cc1. The summed E-state index contributed by atoms with van der Waals surface area (Å²) >= 11 is 1.64. The van der Waals surface area contributed by atoms with Crippen molar-refractivity contribution in [3.63, 3.8) is 0 Å². The van der Waals surface area contributed by atoms with Gasteiger partial charge in [-0.25, -0.2) is 8.42 Å². The summed E-state index contributed by atoms with van der Waals surface area (Å²) < 4.78 is 33.1. The zero-order chi connectivity index (χ0) is 18.9. The molecule has 6 nitrogen and oxygen atoms in total. The lowest BCUT2D eigenvalue weighted by Gasteiger charge is -2.32. The summed E-state index contributed by atoms with van der Waals surface area (Å²) in [7, 11) is -2.22. The van der Waals surface area contributed by atoms with Crippen molar-refractivity contribution in [2.75, 3.05) is 23.3 Å². The maximum Gasteiger partial charge on any atom is 0.261 e. The van der Waals surface area contributed by atoms with Gasteiger partial charge in [0, 0.05) is 29.3 Å². The molecule has 1 atom stereocenters. The second kappa shape index (κ2) is 7.20. The lowest BCUT2D eigenvalue weighted by atomic mass is 10.2. The lowest BCUT2D eigenvalue weighted by Crippen LogP contribution is -2.37. The Morgan fingerprint density at radius 3 is 2.54 bits per heavy atom. The van der Waals surface area contributed by atoms with Gasteiger partial charge in [-0.2, -0.15) is 0 Å². The molecule has 0 bridgehead atoms. The van der Waals surface area contributed by atoms with E-state index in [9.17, 15) is 13.2 Å². The lowest BCUT2D eigenvalue weighted by molar-refractivity contribution is -0.116. The summed E-state index contributed by atoms with van der Waals surface area (Å²) in [5, 5.41) is 0.256. The number of ether oxygens (including phenoxy) is 1. The number of hydrogen-bond acceptors (Lipinski definition) is 5. The van der Waals surface area contributed by atoms with Gasteiger partial charge in [-0.1, -0.05) is 6.92 Å². The van der Waals surface area contributed by atoms with Crippen molar-refractivity contribution in [1.82, 2.24) is 0 Å². The predicted octanol–water partition coefficient (Wildman–Crippen LogP) is 3.34. The van der Waals surface area contributed by atoms with Gasteiger partial charge in [0.15, 0.2) is 0 Å². The third-order valence-corrected chi connectivity index (χ3v) is 6.55. The number of carbonyl (C=O) groups is 1. The molecule has 3 rings (SSSR count). The number of methoxy groups -OCH3 is 1. The molecule has 2 aromatic carbocycles. The number of fused-ring (bicyclic) bond motifs is 1. The highest BCUT2D eigenvalue weighted by atomic mass is 32.2. The molecule has 2 aromatic rings. The molecule has 0 saturated heterocycles. The Morgan fingerprint density at radius 1 is 1.23 bits per heavy atom. The number of nitrogens with zero attached hydrogens (tertiary/aromatic N) is 1. The van der Waals surface area contributed by atoms with E-state index < -0.39 is 10.0 Å². The average Bonchev–Trinajstić information content (AvgIpc) is 2.60. The molecule has 0 fully saturated rings. The van der Waals surface area contributed by atoms with Crippen LogP contribution in [0, 0.1) is 0 Å². The zero-order valence-corrected chi connectivity index (χ0v) is 16.4. The first-order valence-electron chi connectivity index (χ1n) is 8.06. The molecule has 1 amide bonds. The van der Waals surface area contributed by atoms with Gasteiger partial charge in [0.2, 0.25) is 5.91 Å². The monoisotopic (exact) mass is 392 g/mol. The Kier molecular flexibility index (Phi) is 5.15. The van der Waals surface area contributed by atoms with Crippen LogP contribution in [0.15, 0.2) is 52.3 Å². The number of nitrogens with one attached hydrogen (secondary N) is 1. The van der Waals surface area contributed by atoms with Crippen LogP contribution in [0.5, 0.6) is 5.75 Å². The van der Waals surface area contributed by atoms with Gasteiger partial charge in [0.05, 0.1) is 17.7 Å². The summed E-state index contributed by atoms with van der Waals surface area (Å²) in [5.74, 6) is 0.543. The first-order chi connectivity index (χ1) is 12.3. The van der Waals surface area contributed by atoms with Crippen molar-refractivity contribution < 1.29 is 17.9 Å². The number of amides is 1. The van der Waals surface area contributed by atoms with Crippen molar-refractivity contribution in [3.8, 4) is 5.75 Å². The van der Waals surface area contributed by atoms with Crippen LogP contribution >= 0.6 is 11.8 Å². The Bertz CT molecular complexity index is 927. The molecule has 1 aliphatic rings. The van der Waals surface area contributed by atoms with E-state index in [1.165, 1.54) is 6.92 Å². The molecule has 138 valence electrons. The molecular weight excluding hydrogens is 372 g/mol. The largest absolute Gasteiger partial charge is 0.497 e. The van der Waals surface area contributed by atoms with Crippen molar-refractivity contribution in [2.45, 2.75) is 28.9 Å². The number of carbonyl (C=O) groups excluding carboxylic acids is 1. The summed E-state index contributed by atoms with van der Waals surface area (Å²) in [6, 6.07) is 11.5. The summed E-state index contributed by atoms with van der Waals surface area (Å²) in [6.07, 6.45) is 0. The van der Waals surface area contributed by atoms with E-state index in [0.717, 1.165) is 4.90 Å². The van der Waals surface area contributed by atoms with E-state index >= 15 is 0 Å². The van der Waals surface area contributed by atoms with Gasteiger partial charge in [-0.05, 0) is 42.5 Å². The number of rotatable bonds is 4. The van der Waals surface area contributed by atoms with Gasteiger partial charge in [0.25, 0.3) is 10.0 Å². The summed E-state index contributed by atoms with van der Waals surface area (Å²) in [6.45, 7) is 4.09. The van der Waals surface area contributed by atoms with Crippen LogP contribution in [0.2, 0.25) is 0 Å². The second-order valence-corrected chi connectivity index (χ2v) is 9.18. The second-order valence-electron chi connectivity index (χ2n) is 6.02. The van der Waals surface area contributed by atoms with Gasteiger partial charge in [-0.15, -0.1) is 11.8 Å². The van der Waals surface area contributed by atoms with Crippen LogP contribution in [0.25, 0.3) is 0 Å². The topological polar surface area (TPSA) is 75.7 Å². The molecule has 8 heteroatoms. The highest BCUT2D eigenvalue weighted by Crippen LogP contribution is 2.39. The Labute approximate surface area is 157 Å². The maximum atomic E-state index is 12.7. The zero-order valence-electron chi connectivity index (χ0n) is 14.7. The highest BCUT2D eigenvalue weighted by Gasteiger charge is 2.27. The molecular formula is C18H20N2O4S2. The normalized spacial score (nSPS) is 16.7. The molecule has 1 N–H and O–H groups in total. The third-order valence-electron chi connectivity index (χ3n) is 4.02. The highest BCUT2D eigenvalue weighted by molar-refractivity contribution is 8.00. The molecule has 0 aromatic heterocycles. The Morgan fingerprint density at radius 2 is 1.92 bits per heavy atom. The molecule has 0 spiro atoms. The first-order valence-corrected chi connectivity index (χ1v) is 10.4. The average molecular weight is 393 g/mol. The predicted molar refractivity (Wildman–Crippen MR) is 104 cm³/mol. The molecule has 0 unspecified atom stereocenters. The minimum absolute atomic E-state index is 0.101. The van der Waals surface area contributed by atoms with Gasteiger partial charge in [-0.3, -0.25) is 9.52 Å². The quantitative estimate of drug-likeness (QED) is 0.864. The molecule has 0 radical (unpaired) electrons. The number of sulfonamides is 1. The smallest absolute Gasteiger partial charge is 0.261 e. The maximum absolute atomic E-state index is 12.7. The number of hydrogen-bond donors (Lipinski definition) is 1. The van der Waals surface area contributed by atoms with Crippen LogP contribution < -0.4 is 14.4 Å². The molecule has 1 heterocycles. The number of anilines is 2. The number of benzene rings is 2. The third kappa shape index (κ3) is 3.81. The van der Waals surface area contributed by atoms with Crippen molar-refractivity contribution in [1.29, 1.82) is 0 Å². The summed E-state index contributed by atoms with van der Waals surface area (Å²) in [5.41, 5.74) is 1.08. The molecule has 0 saturated carbocycles. The molecule has 0 aliphatic carbocycles. The standard InChI is InChI=1S/C18H20N2O4S2/c1-12-11-20(13(2)21)17-10-16(8-9-18(17)25-12)26(22,23)19-14-4-6-15(24-3)7-5-14/h4-10,12,19H,11H2,1-3H3/t12-/m1/s1. The fourth-order valence-corrected chi connectivity index (χ4v) is 4.93.